The third-order valence-corrected chi connectivity index (χ3v) is 3.17. The first-order valence-corrected chi connectivity index (χ1v) is 7.16. The second kappa shape index (κ2) is 7.81. The van der Waals surface area contributed by atoms with Crippen molar-refractivity contribution in [1.82, 2.24) is 0 Å². The molecule has 5 heteroatoms. The van der Waals surface area contributed by atoms with E-state index in [9.17, 15) is 4.57 Å². The van der Waals surface area contributed by atoms with Crippen LogP contribution in [0.3, 0.4) is 0 Å². The van der Waals surface area contributed by atoms with E-state index < -0.39 is 6.95 Å². The van der Waals surface area contributed by atoms with Crippen molar-refractivity contribution in [3.05, 3.63) is 0 Å². The standard InChI is InChI=1S/C8H18ClO3P/c1-3-5-6-7-8-12-13(9,10)11-4-2/h3-8H2,1-2H3. The van der Waals surface area contributed by atoms with Crippen LogP contribution in [0.25, 0.3) is 0 Å². The first-order valence-electron chi connectivity index (χ1n) is 4.71. The third-order valence-electron chi connectivity index (χ3n) is 1.53. The van der Waals surface area contributed by atoms with E-state index in [1.165, 1.54) is 12.8 Å². The van der Waals surface area contributed by atoms with Crippen LogP contribution in [0.2, 0.25) is 0 Å². The SMILES string of the molecule is CCCCCCOP(=O)(Cl)OCC. The molecule has 1 atom stereocenters. The summed E-state index contributed by atoms with van der Waals surface area (Å²) in [5.74, 6) is 0. The predicted octanol–water partition coefficient (Wildman–Crippen LogP) is 3.97. The Kier molecular flexibility index (Phi) is 8.07. The molecule has 0 rings (SSSR count). The first kappa shape index (κ1) is 13.4. The molecule has 0 radical (unpaired) electrons. The van der Waals surface area contributed by atoms with Crippen LogP contribution in [-0.4, -0.2) is 13.2 Å². The quantitative estimate of drug-likeness (QED) is 0.466. The molecule has 1 unspecified atom stereocenters. The topological polar surface area (TPSA) is 35.5 Å². The Labute approximate surface area is 85.1 Å². The summed E-state index contributed by atoms with van der Waals surface area (Å²) in [5, 5.41) is 0. The average Bonchev–Trinajstić information content (AvgIpc) is 2.04. The number of unbranched alkanes of at least 4 members (excludes halogenated alkanes) is 3. The van der Waals surface area contributed by atoms with E-state index in [1.54, 1.807) is 6.92 Å². The van der Waals surface area contributed by atoms with Gasteiger partial charge in [0.1, 0.15) is 0 Å². The summed E-state index contributed by atoms with van der Waals surface area (Å²) in [6.07, 6.45) is 4.31. The molecule has 0 heterocycles. The molecule has 80 valence electrons. The second-order valence-electron chi connectivity index (χ2n) is 2.74. The fraction of sp³-hybridized carbons (Fsp3) is 1.00. The first-order chi connectivity index (χ1) is 6.12. The van der Waals surface area contributed by atoms with E-state index in [1.807, 2.05) is 0 Å². The van der Waals surface area contributed by atoms with Crippen LogP contribution in [0.15, 0.2) is 0 Å². The van der Waals surface area contributed by atoms with E-state index in [4.69, 9.17) is 20.3 Å². The highest BCUT2D eigenvalue weighted by Crippen LogP contribution is 2.53. The Balaban J connectivity index is 3.35. The number of halogens is 1. The fourth-order valence-electron chi connectivity index (χ4n) is 0.894. The molecule has 0 aliphatic heterocycles. The molecule has 0 N–H and O–H groups in total. The van der Waals surface area contributed by atoms with Gasteiger partial charge in [0.2, 0.25) is 0 Å². The summed E-state index contributed by atoms with van der Waals surface area (Å²) in [5.41, 5.74) is 0. The van der Waals surface area contributed by atoms with Crippen molar-refractivity contribution in [1.29, 1.82) is 0 Å². The molecule has 3 nitrogen and oxygen atoms in total. The van der Waals surface area contributed by atoms with Crippen molar-refractivity contribution in [2.24, 2.45) is 0 Å². The van der Waals surface area contributed by atoms with Crippen LogP contribution in [0.5, 0.6) is 0 Å². The van der Waals surface area contributed by atoms with E-state index >= 15 is 0 Å². The van der Waals surface area contributed by atoms with Gasteiger partial charge in [-0.1, -0.05) is 26.2 Å². The van der Waals surface area contributed by atoms with E-state index in [-0.39, 0.29) is 0 Å². The van der Waals surface area contributed by atoms with Crippen molar-refractivity contribution < 1.29 is 13.6 Å². The largest absolute Gasteiger partial charge is 0.424 e. The lowest BCUT2D eigenvalue weighted by Crippen LogP contribution is -1.93. The normalized spacial score (nSPS) is 15.6. The third kappa shape index (κ3) is 8.76. The lowest BCUT2D eigenvalue weighted by Gasteiger charge is -2.09. The Morgan fingerprint density at radius 3 is 2.38 bits per heavy atom. The van der Waals surface area contributed by atoms with Crippen LogP contribution in [-0.2, 0) is 13.6 Å². The Morgan fingerprint density at radius 2 is 1.85 bits per heavy atom. The van der Waals surface area contributed by atoms with Crippen molar-refractivity contribution in [3.8, 4) is 0 Å². The number of hydrogen-bond acceptors (Lipinski definition) is 3. The zero-order valence-corrected chi connectivity index (χ0v) is 9.94. The summed E-state index contributed by atoms with van der Waals surface area (Å²) in [4.78, 5) is 0. The molecule has 0 saturated heterocycles. The van der Waals surface area contributed by atoms with Crippen LogP contribution in [0.4, 0.5) is 0 Å². The molecule has 0 aliphatic rings. The lowest BCUT2D eigenvalue weighted by atomic mass is 10.2. The maximum atomic E-state index is 11.2. The van der Waals surface area contributed by atoms with Gasteiger partial charge >= 0.3 is 6.95 Å². The van der Waals surface area contributed by atoms with Crippen molar-refractivity contribution in [3.63, 3.8) is 0 Å². The molecular formula is C8H18ClO3P. The van der Waals surface area contributed by atoms with Crippen molar-refractivity contribution in [2.75, 3.05) is 13.2 Å². The molecule has 0 bridgehead atoms. The molecular weight excluding hydrogens is 211 g/mol. The van der Waals surface area contributed by atoms with Gasteiger partial charge in [0, 0.05) is 11.2 Å². The van der Waals surface area contributed by atoms with Gasteiger partial charge in [0.15, 0.2) is 0 Å². The van der Waals surface area contributed by atoms with Crippen LogP contribution >= 0.6 is 18.2 Å². The van der Waals surface area contributed by atoms with E-state index in [0.717, 1.165) is 12.8 Å². The van der Waals surface area contributed by atoms with Gasteiger partial charge in [0.05, 0.1) is 13.2 Å². The minimum atomic E-state index is -3.27. The average molecular weight is 229 g/mol. The molecule has 0 fully saturated rings. The zero-order chi connectivity index (χ0) is 10.2. The van der Waals surface area contributed by atoms with Crippen LogP contribution in [0.1, 0.15) is 39.5 Å². The predicted molar refractivity (Wildman–Crippen MR) is 55.2 cm³/mol. The maximum absolute atomic E-state index is 11.2. The molecule has 13 heavy (non-hydrogen) atoms. The van der Waals surface area contributed by atoms with Gasteiger partial charge in [-0.25, -0.2) is 4.57 Å². The van der Waals surface area contributed by atoms with E-state index in [0.29, 0.717) is 13.2 Å². The van der Waals surface area contributed by atoms with Gasteiger partial charge < -0.3 is 0 Å². The molecule has 0 aromatic heterocycles. The van der Waals surface area contributed by atoms with Crippen molar-refractivity contribution in [2.45, 2.75) is 39.5 Å². The Hall–Kier alpha value is 0.440. The molecule has 0 spiro atoms. The smallest absolute Gasteiger partial charge is 0.297 e. The lowest BCUT2D eigenvalue weighted by molar-refractivity contribution is 0.222. The summed E-state index contributed by atoms with van der Waals surface area (Å²) in [6, 6.07) is 0. The van der Waals surface area contributed by atoms with Gasteiger partial charge in [-0.3, -0.25) is 9.05 Å². The van der Waals surface area contributed by atoms with Crippen molar-refractivity contribution >= 4 is 18.2 Å². The Bertz CT molecular complexity index is 163. The molecule has 0 aliphatic carbocycles. The highest BCUT2D eigenvalue weighted by Gasteiger charge is 2.18. The number of rotatable bonds is 8. The maximum Gasteiger partial charge on any atom is 0.424 e. The highest BCUT2D eigenvalue weighted by atomic mass is 35.7. The summed E-state index contributed by atoms with van der Waals surface area (Å²) >= 11 is 5.46. The molecule has 0 aromatic carbocycles. The Morgan fingerprint density at radius 1 is 1.15 bits per heavy atom. The molecule has 0 aromatic rings. The summed E-state index contributed by atoms with van der Waals surface area (Å²) in [7, 11) is 0. The van der Waals surface area contributed by atoms with Gasteiger partial charge in [0.25, 0.3) is 0 Å². The van der Waals surface area contributed by atoms with Crippen LogP contribution < -0.4 is 0 Å². The summed E-state index contributed by atoms with van der Waals surface area (Å²) in [6.45, 7) is 1.33. The van der Waals surface area contributed by atoms with Gasteiger partial charge in [-0.15, -0.1) is 0 Å². The minimum Gasteiger partial charge on any atom is -0.297 e. The fourth-order valence-corrected chi connectivity index (χ4v) is 2.12. The number of hydrogen-bond donors (Lipinski definition) is 0. The zero-order valence-electron chi connectivity index (χ0n) is 8.29. The molecule has 0 saturated carbocycles. The van der Waals surface area contributed by atoms with Gasteiger partial charge in [-0.2, -0.15) is 0 Å². The highest BCUT2D eigenvalue weighted by molar-refractivity contribution is 7.81. The minimum absolute atomic E-state index is 0.315. The molecule has 0 amide bonds. The monoisotopic (exact) mass is 228 g/mol. The van der Waals surface area contributed by atoms with Crippen LogP contribution in [0, 0.1) is 0 Å². The van der Waals surface area contributed by atoms with Gasteiger partial charge in [-0.05, 0) is 13.3 Å². The van der Waals surface area contributed by atoms with E-state index in [2.05, 4.69) is 6.92 Å². The summed E-state index contributed by atoms with van der Waals surface area (Å²) < 4.78 is 20.8. The second-order valence-corrected chi connectivity index (χ2v) is 5.36.